The number of aryl methyl sites for hydroxylation is 2. The average molecular weight is 261 g/mol. The van der Waals surface area contributed by atoms with Gasteiger partial charge in [0, 0.05) is 6.04 Å². The Hall–Kier alpha value is -1.35. The first-order valence-electron chi connectivity index (χ1n) is 7.08. The molecule has 0 saturated carbocycles. The summed E-state index contributed by atoms with van der Waals surface area (Å²) in [5, 5.41) is 9.09. The molecule has 1 heterocycles. The maximum absolute atomic E-state index is 11.1. The summed E-state index contributed by atoms with van der Waals surface area (Å²) in [6.45, 7) is 6.31. The van der Waals surface area contributed by atoms with Gasteiger partial charge in [0.1, 0.15) is 0 Å². The maximum Gasteiger partial charge on any atom is 0.304 e. The van der Waals surface area contributed by atoms with Crippen LogP contribution in [0.4, 0.5) is 0 Å². The monoisotopic (exact) mass is 261 g/mol. The summed E-state index contributed by atoms with van der Waals surface area (Å²) in [6, 6.07) is 6.60. The summed E-state index contributed by atoms with van der Waals surface area (Å²) in [4.78, 5) is 13.4. The van der Waals surface area contributed by atoms with Crippen molar-refractivity contribution in [2.45, 2.75) is 45.6 Å². The van der Waals surface area contributed by atoms with E-state index >= 15 is 0 Å². The molecule has 2 rings (SSSR count). The molecule has 1 aliphatic heterocycles. The van der Waals surface area contributed by atoms with E-state index in [9.17, 15) is 4.79 Å². The molecule has 3 heteroatoms. The molecule has 1 aromatic rings. The van der Waals surface area contributed by atoms with E-state index in [0.717, 1.165) is 19.5 Å². The molecule has 1 atom stereocenters. The van der Waals surface area contributed by atoms with Crippen LogP contribution in [0.5, 0.6) is 0 Å². The van der Waals surface area contributed by atoms with Crippen LogP contribution in [0.15, 0.2) is 18.2 Å². The van der Waals surface area contributed by atoms with Gasteiger partial charge in [-0.3, -0.25) is 9.69 Å². The number of likely N-dealkylation sites (tertiary alicyclic amines) is 1. The van der Waals surface area contributed by atoms with E-state index in [1.165, 1.54) is 29.5 Å². The van der Waals surface area contributed by atoms with Crippen LogP contribution in [-0.4, -0.2) is 35.1 Å². The molecule has 0 radical (unpaired) electrons. The van der Waals surface area contributed by atoms with Crippen molar-refractivity contribution in [1.82, 2.24) is 4.90 Å². The largest absolute Gasteiger partial charge is 0.481 e. The van der Waals surface area contributed by atoms with Gasteiger partial charge in [-0.1, -0.05) is 18.2 Å². The number of hydrogen-bond donors (Lipinski definition) is 1. The lowest BCUT2D eigenvalue weighted by molar-refractivity contribution is -0.138. The number of hydrogen-bond acceptors (Lipinski definition) is 2. The lowest BCUT2D eigenvalue weighted by Crippen LogP contribution is -2.36. The number of carboxylic acid groups (broad SMARTS) is 1. The molecule has 0 aliphatic carbocycles. The van der Waals surface area contributed by atoms with Crippen molar-refractivity contribution in [3.63, 3.8) is 0 Å². The highest BCUT2D eigenvalue weighted by atomic mass is 16.4. The maximum atomic E-state index is 11.1. The summed E-state index contributed by atoms with van der Waals surface area (Å²) >= 11 is 0. The highest BCUT2D eigenvalue weighted by Gasteiger charge is 2.24. The number of carbonyl (C=O) groups is 1. The van der Waals surface area contributed by atoms with E-state index in [-0.39, 0.29) is 12.5 Å². The van der Waals surface area contributed by atoms with Crippen molar-refractivity contribution in [2.75, 3.05) is 13.1 Å². The number of rotatable bonds is 5. The van der Waals surface area contributed by atoms with Crippen molar-refractivity contribution in [2.24, 2.45) is 0 Å². The van der Waals surface area contributed by atoms with Crippen molar-refractivity contribution < 1.29 is 9.90 Å². The SMILES string of the molecule is Cc1ccc(CC(CC(=O)O)N2CCCC2)cc1C. The second kappa shape index (κ2) is 6.20. The molecule has 1 N–H and O–H groups in total. The summed E-state index contributed by atoms with van der Waals surface area (Å²) in [5.74, 6) is -0.694. The van der Waals surface area contributed by atoms with Gasteiger partial charge in [-0.15, -0.1) is 0 Å². The molecule has 104 valence electrons. The van der Waals surface area contributed by atoms with E-state index in [4.69, 9.17) is 5.11 Å². The molecule has 0 amide bonds. The molecule has 1 aromatic carbocycles. The second-order valence-corrected chi connectivity index (χ2v) is 5.62. The smallest absolute Gasteiger partial charge is 0.304 e. The van der Waals surface area contributed by atoms with Crippen molar-refractivity contribution in [3.05, 3.63) is 34.9 Å². The Labute approximate surface area is 115 Å². The third kappa shape index (κ3) is 3.80. The fraction of sp³-hybridized carbons (Fsp3) is 0.562. The summed E-state index contributed by atoms with van der Waals surface area (Å²) in [7, 11) is 0. The molecule has 1 saturated heterocycles. The quantitative estimate of drug-likeness (QED) is 0.886. The summed E-state index contributed by atoms with van der Waals surface area (Å²) in [6.07, 6.45) is 3.48. The van der Waals surface area contributed by atoms with E-state index in [2.05, 4.69) is 36.9 Å². The third-order valence-electron chi connectivity index (χ3n) is 4.11. The standard InChI is InChI=1S/C16H23NO2/c1-12-5-6-14(9-13(12)2)10-15(11-16(18)19)17-7-3-4-8-17/h5-6,9,15H,3-4,7-8,10-11H2,1-2H3,(H,18,19). The highest BCUT2D eigenvalue weighted by molar-refractivity contribution is 5.67. The van der Waals surface area contributed by atoms with Crippen LogP contribution >= 0.6 is 0 Å². The number of aliphatic carboxylic acids is 1. The Balaban J connectivity index is 2.09. The third-order valence-corrected chi connectivity index (χ3v) is 4.11. The lowest BCUT2D eigenvalue weighted by Gasteiger charge is -2.26. The molecule has 0 spiro atoms. The molecule has 0 aromatic heterocycles. The Kier molecular flexibility index (Phi) is 4.59. The Morgan fingerprint density at radius 3 is 2.53 bits per heavy atom. The molecular weight excluding hydrogens is 238 g/mol. The number of carboxylic acids is 1. The van der Waals surface area contributed by atoms with Crippen molar-refractivity contribution in [3.8, 4) is 0 Å². The van der Waals surface area contributed by atoms with Crippen LogP contribution in [-0.2, 0) is 11.2 Å². The molecule has 1 aliphatic rings. The van der Waals surface area contributed by atoms with Crippen molar-refractivity contribution >= 4 is 5.97 Å². The predicted octanol–water partition coefficient (Wildman–Crippen LogP) is 2.79. The predicted molar refractivity (Wildman–Crippen MR) is 76.5 cm³/mol. The summed E-state index contributed by atoms with van der Waals surface area (Å²) < 4.78 is 0. The Morgan fingerprint density at radius 1 is 1.26 bits per heavy atom. The zero-order chi connectivity index (χ0) is 13.8. The van der Waals surface area contributed by atoms with E-state index in [1.807, 2.05) is 0 Å². The average Bonchev–Trinajstić information content (AvgIpc) is 2.86. The van der Waals surface area contributed by atoms with Crippen LogP contribution in [0.25, 0.3) is 0 Å². The first-order valence-corrected chi connectivity index (χ1v) is 7.08. The Morgan fingerprint density at radius 2 is 1.95 bits per heavy atom. The first kappa shape index (κ1) is 14.1. The Bertz CT molecular complexity index is 450. The van der Waals surface area contributed by atoms with Crippen LogP contribution < -0.4 is 0 Å². The number of nitrogens with zero attached hydrogens (tertiary/aromatic N) is 1. The highest BCUT2D eigenvalue weighted by Crippen LogP contribution is 2.19. The first-order chi connectivity index (χ1) is 9.06. The van der Waals surface area contributed by atoms with Gasteiger partial charge in [0.15, 0.2) is 0 Å². The second-order valence-electron chi connectivity index (χ2n) is 5.62. The van der Waals surface area contributed by atoms with E-state index < -0.39 is 5.97 Å². The van der Waals surface area contributed by atoms with Gasteiger partial charge in [0.2, 0.25) is 0 Å². The van der Waals surface area contributed by atoms with Crippen LogP contribution in [0.1, 0.15) is 36.0 Å². The number of benzene rings is 1. The molecule has 3 nitrogen and oxygen atoms in total. The van der Waals surface area contributed by atoms with Crippen LogP contribution in [0, 0.1) is 13.8 Å². The van der Waals surface area contributed by atoms with Crippen molar-refractivity contribution in [1.29, 1.82) is 0 Å². The van der Waals surface area contributed by atoms with Gasteiger partial charge in [-0.25, -0.2) is 0 Å². The fourth-order valence-electron chi connectivity index (χ4n) is 2.84. The van der Waals surface area contributed by atoms with Crippen LogP contribution in [0.3, 0.4) is 0 Å². The molecule has 1 unspecified atom stereocenters. The molecule has 1 fully saturated rings. The van der Waals surface area contributed by atoms with Gasteiger partial charge >= 0.3 is 5.97 Å². The zero-order valence-electron chi connectivity index (χ0n) is 11.9. The minimum atomic E-state index is -0.694. The fourth-order valence-corrected chi connectivity index (χ4v) is 2.84. The lowest BCUT2D eigenvalue weighted by atomic mass is 9.98. The van der Waals surface area contributed by atoms with Gasteiger partial charge in [-0.2, -0.15) is 0 Å². The zero-order valence-corrected chi connectivity index (χ0v) is 11.9. The van der Waals surface area contributed by atoms with Crippen LogP contribution in [0.2, 0.25) is 0 Å². The van der Waals surface area contributed by atoms with Gasteiger partial charge in [-0.05, 0) is 62.9 Å². The normalized spacial score (nSPS) is 17.6. The van der Waals surface area contributed by atoms with Gasteiger partial charge in [0.25, 0.3) is 0 Å². The van der Waals surface area contributed by atoms with E-state index in [1.54, 1.807) is 0 Å². The summed E-state index contributed by atoms with van der Waals surface area (Å²) in [5.41, 5.74) is 3.83. The van der Waals surface area contributed by atoms with Gasteiger partial charge < -0.3 is 5.11 Å². The molecule has 0 bridgehead atoms. The molecule has 19 heavy (non-hydrogen) atoms. The minimum Gasteiger partial charge on any atom is -0.481 e. The van der Waals surface area contributed by atoms with E-state index in [0.29, 0.717) is 0 Å². The van der Waals surface area contributed by atoms with Gasteiger partial charge in [0.05, 0.1) is 6.42 Å². The topological polar surface area (TPSA) is 40.5 Å². The molecular formula is C16H23NO2. The minimum absolute atomic E-state index is 0.141.